The summed E-state index contributed by atoms with van der Waals surface area (Å²) in [6, 6.07) is 19.4. The second-order valence-corrected chi connectivity index (χ2v) is 9.36. The first-order chi connectivity index (χ1) is 16.5. The summed E-state index contributed by atoms with van der Waals surface area (Å²) in [6.07, 6.45) is 1.71. The minimum absolute atomic E-state index is 0.165. The fraction of sp³-hybridized carbons (Fsp3) is 0.250. The Kier molecular flexibility index (Phi) is 6.42. The standard InChI is InChI=1S/C28H27ClN2O3/c1-19-14-24(32)23(18-31-12-10-30(11-13-31)17-20-6-3-2-4-7-20)28-26(19)27(33)25(34-28)16-21-8-5-9-22(29)15-21/h2-9,14-16,32H,10-13,17-18H2,1H3/b25-16-. The fourth-order valence-corrected chi connectivity index (χ4v) is 4.85. The highest BCUT2D eigenvalue weighted by Crippen LogP contribution is 2.42. The van der Waals surface area contributed by atoms with Gasteiger partial charge in [0.2, 0.25) is 5.78 Å². The number of carbonyl (C=O) groups is 1. The molecule has 0 unspecified atom stereocenters. The fourth-order valence-electron chi connectivity index (χ4n) is 4.65. The molecule has 1 N–H and O–H groups in total. The van der Waals surface area contributed by atoms with E-state index >= 15 is 0 Å². The molecule has 0 amide bonds. The summed E-state index contributed by atoms with van der Waals surface area (Å²) >= 11 is 6.09. The summed E-state index contributed by atoms with van der Waals surface area (Å²) in [7, 11) is 0. The molecular weight excluding hydrogens is 448 g/mol. The minimum Gasteiger partial charge on any atom is -0.507 e. The van der Waals surface area contributed by atoms with E-state index in [0.29, 0.717) is 34.0 Å². The van der Waals surface area contributed by atoms with Crippen LogP contribution in [-0.2, 0) is 13.1 Å². The Labute approximate surface area is 204 Å². The molecule has 0 aromatic heterocycles. The molecule has 2 aliphatic rings. The number of Topliss-reactive ketones (excluding diaryl/α,β-unsaturated/α-hetero) is 1. The Bertz CT molecular complexity index is 1250. The van der Waals surface area contributed by atoms with E-state index in [0.717, 1.165) is 38.3 Å². The number of aryl methyl sites for hydroxylation is 1. The van der Waals surface area contributed by atoms with E-state index in [4.69, 9.17) is 16.3 Å². The number of allylic oxidation sites excluding steroid dienone is 1. The van der Waals surface area contributed by atoms with Crippen molar-refractivity contribution in [1.82, 2.24) is 9.80 Å². The van der Waals surface area contributed by atoms with Gasteiger partial charge in [0, 0.05) is 44.3 Å². The van der Waals surface area contributed by atoms with Crippen LogP contribution in [0.15, 0.2) is 66.4 Å². The van der Waals surface area contributed by atoms with Crippen LogP contribution in [0, 0.1) is 6.92 Å². The van der Waals surface area contributed by atoms with E-state index in [-0.39, 0.29) is 17.3 Å². The van der Waals surface area contributed by atoms with Crippen LogP contribution < -0.4 is 4.74 Å². The minimum atomic E-state index is -0.165. The number of hydrogen-bond donors (Lipinski definition) is 1. The summed E-state index contributed by atoms with van der Waals surface area (Å²) < 4.78 is 6.07. The number of phenolic OH excluding ortho intramolecular Hbond substituents is 1. The Balaban J connectivity index is 1.32. The van der Waals surface area contributed by atoms with Gasteiger partial charge >= 0.3 is 0 Å². The van der Waals surface area contributed by atoms with E-state index < -0.39 is 0 Å². The lowest BCUT2D eigenvalue weighted by molar-refractivity contribution is 0.101. The summed E-state index contributed by atoms with van der Waals surface area (Å²) in [4.78, 5) is 17.9. The van der Waals surface area contributed by atoms with Gasteiger partial charge in [-0.05, 0) is 47.9 Å². The molecule has 5 nitrogen and oxygen atoms in total. The SMILES string of the molecule is Cc1cc(O)c(CN2CCN(Cc3ccccc3)CC2)c2c1C(=O)/C(=C/c1cccc(Cl)c1)O2. The first-order valence-electron chi connectivity index (χ1n) is 11.5. The maximum atomic E-state index is 13.2. The second kappa shape index (κ2) is 9.63. The zero-order chi connectivity index (χ0) is 23.7. The number of ketones is 1. The van der Waals surface area contributed by atoms with Crippen molar-refractivity contribution in [2.24, 2.45) is 0 Å². The van der Waals surface area contributed by atoms with Gasteiger partial charge in [0.05, 0.1) is 11.1 Å². The van der Waals surface area contributed by atoms with Crippen LogP contribution in [0.2, 0.25) is 5.02 Å². The number of aromatic hydroxyl groups is 1. The molecule has 1 saturated heterocycles. The van der Waals surface area contributed by atoms with Gasteiger partial charge in [-0.15, -0.1) is 0 Å². The highest BCUT2D eigenvalue weighted by molar-refractivity contribution is 6.30. The highest BCUT2D eigenvalue weighted by atomic mass is 35.5. The molecular formula is C28H27ClN2O3. The molecule has 3 aromatic rings. The van der Waals surface area contributed by atoms with Crippen LogP contribution in [0.1, 0.15) is 32.6 Å². The number of halogens is 1. The molecule has 0 bridgehead atoms. The first kappa shape index (κ1) is 22.7. The van der Waals surface area contributed by atoms with Crippen LogP contribution in [0.5, 0.6) is 11.5 Å². The van der Waals surface area contributed by atoms with Crippen molar-refractivity contribution in [2.45, 2.75) is 20.0 Å². The zero-order valence-electron chi connectivity index (χ0n) is 19.1. The van der Waals surface area contributed by atoms with Crippen LogP contribution in [0.25, 0.3) is 6.08 Å². The lowest BCUT2D eigenvalue weighted by Gasteiger charge is -2.35. The second-order valence-electron chi connectivity index (χ2n) is 8.93. The zero-order valence-corrected chi connectivity index (χ0v) is 19.9. The first-order valence-corrected chi connectivity index (χ1v) is 11.9. The Morgan fingerprint density at radius 3 is 2.38 bits per heavy atom. The van der Waals surface area contributed by atoms with Gasteiger partial charge < -0.3 is 9.84 Å². The van der Waals surface area contributed by atoms with Gasteiger partial charge in [-0.2, -0.15) is 0 Å². The third-order valence-electron chi connectivity index (χ3n) is 6.46. The van der Waals surface area contributed by atoms with Crippen molar-refractivity contribution in [3.63, 3.8) is 0 Å². The molecule has 0 atom stereocenters. The molecule has 6 heteroatoms. The molecule has 34 heavy (non-hydrogen) atoms. The van der Waals surface area contributed by atoms with Crippen LogP contribution in [0.3, 0.4) is 0 Å². The van der Waals surface area contributed by atoms with Crippen molar-refractivity contribution in [2.75, 3.05) is 26.2 Å². The molecule has 0 radical (unpaired) electrons. The number of benzene rings is 3. The molecule has 2 aliphatic heterocycles. The van der Waals surface area contributed by atoms with E-state index in [1.54, 1.807) is 24.3 Å². The number of carbonyl (C=O) groups excluding carboxylic acids is 1. The molecule has 0 aliphatic carbocycles. The topological polar surface area (TPSA) is 53.0 Å². The molecule has 5 rings (SSSR count). The lowest BCUT2D eigenvalue weighted by Crippen LogP contribution is -2.45. The van der Waals surface area contributed by atoms with Crippen molar-refractivity contribution < 1.29 is 14.6 Å². The number of ether oxygens (including phenoxy) is 1. The molecule has 174 valence electrons. The van der Waals surface area contributed by atoms with Crippen molar-refractivity contribution in [3.8, 4) is 11.5 Å². The molecule has 2 heterocycles. The number of phenols is 1. The molecule has 1 fully saturated rings. The van der Waals surface area contributed by atoms with Gasteiger partial charge in [-0.1, -0.05) is 54.1 Å². The average Bonchev–Trinajstić information content (AvgIpc) is 3.14. The Morgan fingerprint density at radius 1 is 0.971 bits per heavy atom. The normalized spacial score (nSPS) is 17.7. The lowest BCUT2D eigenvalue weighted by atomic mass is 9.99. The molecule has 0 spiro atoms. The average molecular weight is 475 g/mol. The highest BCUT2D eigenvalue weighted by Gasteiger charge is 2.34. The number of rotatable bonds is 5. The largest absolute Gasteiger partial charge is 0.507 e. The van der Waals surface area contributed by atoms with Crippen molar-refractivity contribution >= 4 is 23.5 Å². The van der Waals surface area contributed by atoms with Crippen molar-refractivity contribution in [3.05, 3.63) is 99.3 Å². The van der Waals surface area contributed by atoms with Gasteiger partial charge in [-0.3, -0.25) is 14.6 Å². The predicted octanol–water partition coefficient (Wildman–Crippen LogP) is 5.29. The Hall–Kier alpha value is -3.12. The van der Waals surface area contributed by atoms with E-state index in [2.05, 4.69) is 34.1 Å². The number of hydrogen-bond acceptors (Lipinski definition) is 5. The van der Waals surface area contributed by atoms with Gasteiger partial charge in [0.1, 0.15) is 11.5 Å². The molecule has 0 saturated carbocycles. The number of piperazine rings is 1. The number of fused-ring (bicyclic) bond motifs is 1. The number of nitrogens with zero attached hydrogens (tertiary/aromatic N) is 2. The summed E-state index contributed by atoms with van der Waals surface area (Å²) in [5.74, 6) is 0.726. The maximum absolute atomic E-state index is 13.2. The van der Waals surface area contributed by atoms with E-state index in [9.17, 15) is 9.90 Å². The smallest absolute Gasteiger partial charge is 0.232 e. The summed E-state index contributed by atoms with van der Waals surface area (Å²) in [6.45, 7) is 6.96. The van der Waals surface area contributed by atoms with E-state index in [1.165, 1.54) is 5.56 Å². The van der Waals surface area contributed by atoms with Crippen LogP contribution in [0.4, 0.5) is 0 Å². The quantitative estimate of drug-likeness (QED) is 0.509. The predicted molar refractivity (Wildman–Crippen MR) is 134 cm³/mol. The molecule has 3 aromatic carbocycles. The Morgan fingerprint density at radius 2 is 1.68 bits per heavy atom. The maximum Gasteiger partial charge on any atom is 0.232 e. The monoisotopic (exact) mass is 474 g/mol. The van der Waals surface area contributed by atoms with Crippen LogP contribution in [-0.4, -0.2) is 46.9 Å². The van der Waals surface area contributed by atoms with Crippen molar-refractivity contribution in [1.29, 1.82) is 0 Å². The third-order valence-corrected chi connectivity index (χ3v) is 6.70. The summed E-state index contributed by atoms with van der Waals surface area (Å²) in [5, 5.41) is 11.4. The van der Waals surface area contributed by atoms with E-state index in [1.807, 2.05) is 25.1 Å². The van der Waals surface area contributed by atoms with Crippen LogP contribution >= 0.6 is 11.6 Å². The van der Waals surface area contributed by atoms with Gasteiger partial charge in [0.25, 0.3) is 0 Å². The third kappa shape index (κ3) is 4.73. The van der Waals surface area contributed by atoms with Gasteiger partial charge in [-0.25, -0.2) is 0 Å². The van der Waals surface area contributed by atoms with Gasteiger partial charge in [0.15, 0.2) is 5.76 Å². The summed E-state index contributed by atoms with van der Waals surface area (Å²) in [5.41, 5.74) is 4.02.